The van der Waals surface area contributed by atoms with Crippen molar-refractivity contribution < 1.29 is 19.1 Å². The molecule has 0 aromatic heterocycles. The third-order valence-electron chi connectivity index (χ3n) is 9.45. The summed E-state index contributed by atoms with van der Waals surface area (Å²) in [7, 11) is 1.46. The van der Waals surface area contributed by atoms with Gasteiger partial charge in [-0.3, -0.25) is 14.4 Å². The lowest BCUT2D eigenvalue weighted by atomic mass is 9.44. The largest absolute Gasteiger partial charge is 0.469 e. The van der Waals surface area contributed by atoms with Crippen molar-refractivity contribution >= 4 is 17.5 Å². The molecule has 1 spiro atoms. The van der Waals surface area contributed by atoms with Crippen LogP contribution >= 0.6 is 0 Å². The van der Waals surface area contributed by atoms with E-state index in [1.165, 1.54) is 12.7 Å². The monoisotopic (exact) mass is 382 g/mol. The Morgan fingerprint density at radius 2 is 1.93 bits per heavy atom. The Morgan fingerprint density at radius 1 is 1.14 bits per heavy atom. The van der Waals surface area contributed by atoms with E-state index < -0.39 is 0 Å². The van der Waals surface area contributed by atoms with Crippen molar-refractivity contribution in [2.24, 2.45) is 34.0 Å². The summed E-state index contributed by atoms with van der Waals surface area (Å²) < 4.78 is 5.22. The first-order chi connectivity index (χ1) is 13.3. The maximum absolute atomic E-state index is 13.2. The van der Waals surface area contributed by atoms with E-state index in [0.29, 0.717) is 31.0 Å². The minimum atomic E-state index is -0.359. The van der Waals surface area contributed by atoms with E-state index in [1.807, 2.05) is 6.08 Å². The van der Waals surface area contributed by atoms with Crippen molar-refractivity contribution in [2.75, 3.05) is 7.11 Å². The molecule has 0 aliphatic heterocycles. The maximum atomic E-state index is 13.2. The molecule has 3 saturated carbocycles. The topological polar surface area (TPSA) is 60.4 Å². The quantitative estimate of drug-likeness (QED) is 0.504. The molecule has 6 atom stereocenters. The van der Waals surface area contributed by atoms with Crippen LogP contribution in [0.5, 0.6) is 0 Å². The van der Waals surface area contributed by atoms with Crippen molar-refractivity contribution in [1.82, 2.24) is 0 Å². The fourth-order valence-corrected chi connectivity index (χ4v) is 7.87. The highest BCUT2D eigenvalue weighted by molar-refractivity contribution is 5.94. The number of ether oxygens (including phenoxy) is 1. The lowest BCUT2D eigenvalue weighted by Gasteiger charge is -2.58. The van der Waals surface area contributed by atoms with E-state index >= 15 is 0 Å². The molecular formula is C24H30O4. The summed E-state index contributed by atoms with van der Waals surface area (Å²) >= 11 is 0. The van der Waals surface area contributed by atoms with Crippen LogP contribution in [0.25, 0.3) is 0 Å². The van der Waals surface area contributed by atoms with Gasteiger partial charge in [-0.05, 0) is 67.3 Å². The summed E-state index contributed by atoms with van der Waals surface area (Å²) in [5.41, 5.74) is 2.00. The molecule has 3 fully saturated rings. The number of Topliss-reactive ketones (excluding diaryl/α,β-unsaturated/α-hetero) is 1. The van der Waals surface area contributed by atoms with Gasteiger partial charge in [-0.2, -0.15) is 0 Å². The number of esters is 1. The van der Waals surface area contributed by atoms with Crippen LogP contribution in [0.15, 0.2) is 23.3 Å². The molecule has 0 aromatic carbocycles. The second-order valence-corrected chi connectivity index (χ2v) is 10.3. The molecule has 5 rings (SSSR count). The molecular weight excluding hydrogens is 352 g/mol. The standard InChI is InChI=1S/C24H30O4/c1-22-8-5-18-20-16(21(27)28-3)13-14-12-15(25)4-10-23(14,2)17(20)6-11-24(18,22)19(26)7-9-22/h5,12,16-17,20H,4,6-11,13H2,1-3H3/t16-,17?,20?,22+,23?,24-/m1/s1. The number of carbonyl (C=O) groups excluding carboxylic acids is 3. The van der Waals surface area contributed by atoms with Gasteiger partial charge in [-0.15, -0.1) is 0 Å². The molecule has 0 amide bonds. The first-order valence-electron chi connectivity index (χ1n) is 10.8. The molecule has 4 nitrogen and oxygen atoms in total. The summed E-state index contributed by atoms with van der Waals surface area (Å²) in [6.07, 6.45) is 10.6. The van der Waals surface area contributed by atoms with Crippen LogP contribution in [0.4, 0.5) is 0 Å². The van der Waals surface area contributed by atoms with Crippen LogP contribution in [0.3, 0.4) is 0 Å². The third kappa shape index (κ3) is 1.99. The van der Waals surface area contributed by atoms with Gasteiger partial charge in [0.1, 0.15) is 5.78 Å². The van der Waals surface area contributed by atoms with Crippen molar-refractivity contribution in [3.05, 3.63) is 23.3 Å². The Morgan fingerprint density at radius 3 is 2.68 bits per heavy atom. The van der Waals surface area contributed by atoms with Gasteiger partial charge in [0, 0.05) is 12.8 Å². The molecule has 0 radical (unpaired) electrons. The van der Waals surface area contributed by atoms with Gasteiger partial charge < -0.3 is 4.74 Å². The number of hydrogen-bond donors (Lipinski definition) is 0. The highest BCUT2D eigenvalue weighted by Crippen LogP contribution is 2.72. The number of allylic oxidation sites excluding steroid dienone is 4. The molecule has 5 aliphatic carbocycles. The van der Waals surface area contributed by atoms with Crippen molar-refractivity contribution in [3.8, 4) is 0 Å². The van der Waals surface area contributed by atoms with Crippen LogP contribution in [-0.2, 0) is 19.1 Å². The smallest absolute Gasteiger partial charge is 0.309 e. The predicted molar refractivity (Wildman–Crippen MR) is 104 cm³/mol. The number of rotatable bonds is 1. The Kier molecular flexibility index (Phi) is 3.71. The minimum Gasteiger partial charge on any atom is -0.469 e. The number of hydrogen-bond acceptors (Lipinski definition) is 4. The Balaban J connectivity index is 1.65. The zero-order valence-corrected chi connectivity index (χ0v) is 17.2. The van der Waals surface area contributed by atoms with Crippen LogP contribution in [0.2, 0.25) is 0 Å². The molecule has 28 heavy (non-hydrogen) atoms. The molecule has 0 aromatic rings. The molecule has 5 aliphatic rings. The number of methoxy groups -OCH3 is 1. The number of carbonyl (C=O) groups is 3. The molecule has 3 unspecified atom stereocenters. The zero-order valence-electron chi connectivity index (χ0n) is 17.2. The van der Waals surface area contributed by atoms with Gasteiger partial charge in [-0.25, -0.2) is 0 Å². The Bertz CT molecular complexity index is 851. The summed E-state index contributed by atoms with van der Waals surface area (Å²) in [6.45, 7) is 4.57. The van der Waals surface area contributed by atoms with Crippen molar-refractivity contribution in [2.45, 2.75) is 65.2 Å². The van der Waals surface area contributed by atoms with Crippen LogP contribution in [0, 0.1) is 34.0 Å². The second kappa shape index (κ2) is 5.67. The molecule has 0 heterocycles. The van der Waals surface area contributed by atoms with Crippen LogP contribution < -0.4 is 0 Å². The Hall–Kier alpha value is -1.71. The van der Waals surface area contributed by atoms with E-state index in [4.69, 9.17) is 4.74 Å². The van der Waals surface area contributed by atoms with Crippen molar-refractivity contribution in [3.63, 3.8) is 0 Å². The minimum absolute atomic E-state index is 0.0185. The van der Waals surface area contributed by atoms with Gasteiger partial charge in [0.05, 0.1) is 18.4 Å². The van der Waals surface area contributed by atoms with E-state index in [9.17, 15) is 14.4 Å². The van der Waals surface area contributed by atoms with Crippen LogP contribution in [-0.4, -0.2) is 24.6 Å². The molecule has 0 bridgehead atoms. The summed E-state index contributed by atoms with van der Waals surface area (Å²) in [6, 6.07) is 0. The van der Waals surface area contributed by atoms with Gasteiger partial charge in [0.25, 0.3) is 0 Å². The average Bonchev–Trinajstić information content (AvgIpc) is 3.11. The van der Waals surface area contributed by atoms with Gasteiger partial charge in [0.15, 0.2) is 5.78 Å². The SMILES string of the molecule is COC(=O)[C@@H]1CC2=CC(=O)CCC2(C)C2CC[C@@]34C(=O)CC[C@]3(C)CC=C4C21. The van der Waals surface area contributed by atoms with Crippen molar-refractivity contribution in [1.29, 1.82) is 0 Å². The molecule has 0 N–H and O–H groups in total. The summed E-state index contributed by atoms with van der Waals surface area (Å²) in [5, 5.41) is 0. The lowest BCUT2D eigenvalue weighted by Crippen LogP contribution is -2.55. The normalized spacial score (nSPS) is 46.8. The Labute approximate surface area is 166 Å². The zero-order chi connectivity index (χ0) is 19.9. The lowest BCUT2D eigenvalue weighted by molar-refractivity contribution is -0.153. The molecule has 150 valence electrons. The van der Waals surface area contributed by atoms with Crippen LogP contribution in [0.1, 0.15) is 65.2 Å². The molecule has 0 saturated heterocycles. The number of fused-ring (bicyclic) bond motifs is 4. The first kappa shape index (κ1) is 18.3. The maximum Gasteiger partial charge on any atom is 0.309 e. The fourth-order valence-electron chi connectivity index (χ4n) is 7.87. The summed E-state index contributed by atoms with van der Waals surface area (Å²) in [4.78, 5) is 38.2. The van der Waals surface area contributed by atoms with Gasteiger partial charge >= 0.3 is 5.97 Å². The predicted octanol–water partition coefficient (Wildman–Crippen LogP) is 4.19. The van der Waals surface area contributed by atoms with Gasteiger partial charge in [0.2, 0.25) is 0 Å². The van der Waals surface area contributed by atoms with E-state index in [-0.39, 0.29) is 39.8 Å². The molecule has 4 heteroatoms. The highest BCUT2D eigenvalue weighted by Gasteiger charge is 2.68. The van der Waals surface area contributed by atoms with E-state index in [0.717, 1.165) is 37.7 Å². The summed E-state index contributed by atoms with van der Waals surface area (Å²) in [5.74, 6) is 0.483. The van der Waals surface area contributed by atoms with E-state index in [2.05, 4.69) is 19.9 Å². The average molecular weight is 383 g/mol. The number of ketones is 2. The van der Waals surface area contributed by atoms with Gasteiger partial charge in [-0.1, -0.05) is 31.1 Å². The van der Waals surface area contributed by atoms with E-state index in [1.54, 1.807) is 0 Å². The highest BCUT2D eigenvalue weighted by atomic mass is 16.5. The second-order valence-electron chi connectivity index (χ2n) is 10.3. The third-order valence-corrected chi connectivity index (χ3v) is 9.45. The fraction of sp³-hybridized carbons (Fsp3) is 0.708. The first-order valence-corrected chi connectivity index (χ1v) is 10.8.